The van der Waals surface area contributed by atoms with Crippen molar-refractivity contribution in [1.82, 2.24) is 9.21 Å². The van der Waals surface area contributed by atoms with Crippen LogP contribution >= 0.6 is 15.9 Å². The summed E-state index contributed by atoms with van der Waals surface area (Å²) >= 11 is 3.35. The molecule has 0 aliphatic carbocycles. The van der Waals surface area contributed by atoms with E-state index in [4.69, 9.17) is 4.74 Å². The van der Waals surface area contributed by atoms with Gasteiger partial charge in [-0.1, -0.05) is 22.0 Å². The molecule has 1 amide bonds. The van der Waals surface area contributed by atoms with Crippen LogP contribution in [-0.2, 0) is 21.5 Å². The van der Waals surface area contributed by atoms with Crippen LogP contribution in [0, 0.1) is 0 Å². The number of rotatable bonds is 1. The van der Waals surface area contributed by atoms with Gasteiger partial charge in [0.1, 0.15) is 5.60 Å². The van der Waals surface area contributed by atoms with Crippen LogP contribution < -0.4 is 4.72 Å². The quantitative estimate of drug-likeness (QED) is 0.740. The summed E-state index contributed by atoms with van der Waals surface area (Å²) in [6, 6.07) is 5.28. The van der Waals surface area contributed by atoms with Gasteiger partial charge in [-0.25, -0.2) is 4.79 Å². The van der Waals surface area contributed by atoms with Gasteiger partial charge in [-0.3, -0.25) is 4.72 Å². The number of nitrogens with zero attached hydrogens (tertiary/aromatic N) is 2. The molecule has 138 valence electrons. The lowest BCUT2D eigenvalue weighted by Gasteiger charge is -2.33. The van der Waals surface area contributed by atoms with E-state index in [1.165, 1.54) is 4.31 Å². The molecule has 2 heterocycles. The monoisotopic (exact) mass is 431 g/mol. The average Bonchev–Trinajstić information content (AvgIpc) is 2.93. The minimum absolute atomic E-state index is 0.262. The predicted octanol–water partition coefficient (Wildman–Crippen LogP) is 2.93. The van der Waals surface area contributed by atoms with Crippen LogP contribution in [-0.4, -0.2) is 48.4 Å². The molecule has 1 aromatic rings. The van der Waals surface area contributed by atoms with E-state index in [9.17, 15) is 13.2 Å². The molecule has 0 aromatic heterocycles. The molecular weight excluding hydrogens is 410 g/mol. The molecule has 1 saturated heterocycles. The third kappa shape index (κ3) is 4.09. The summed E-state index contributed by atoms with van der Waals surface area (Å²) in [6.45, 7) is 6.55. The summed E-state index contributed by atoms with van der Waals surface area (Å²) in [5.74, 6) is 0. The van der Waals surface area contributed by atoms with Gasteiger partial charge in [0.25, 0.3) is 0 Å². The Balaban J connectivity index is 1.74. The standard InChI is InChI=1S/C16H22BrN3O4S/c1-16(2,3)24-15(21)19-7-6-13(10-19)20-9-11-4-5-12(17)8-14(11)18-25(20,22)23/h4-5,8,13,18H,6-7,9-10H2,1-3H3/t13-/m1/s1. The van der Waals surface area contributed by atoms with E-state index in [2.05, 4.69) is 20.7 Å². The van der Waals surface area contributed by atoms with Gasteiger partial charge in [-0.15, -0.1) is 0 Å². The summed E-state index contributed by atoms with van der Waals surface area (Å²) in [5, 5.41) is 0. The molecule has 1 atom stereocenters. The first-order valence-electron chi connectivity index (χ1n) is 8.11. The Hall–Kier alpha value is -1.32. The van der Waals surface area contributed by atoms with E-state index in [-0.39, 0.29) is 6.04 Å². The van der Waals surface area contributed by atoms with Crippen LogP contribution in [0.25, 0.3) is 0 Å². The van der Waals surface area contributed by atoms with Gasteiger partial charge in [-0.05, 0) is 44.9 Å². The maximum Gasteiger partial charge on any atom is 0.410 e. The number of hydrogen-bond acceptors (Lipinski definition) is 4. The zero-order valence-electron chi connectivity index (χ0n) is 14.5. The van der Waals surface area contributed by atoms with Crippen molar-refractivity contribution in [2.45, 2.75) is 45.4 Å². The number of carbonyl (C=O) groups excluding carboxylic acids is 1. The molecule has 1 aromatic carbocycles. The molecular formula is C16H22BrN3O4S. The fraction of sp³-hybridized carbons (Fsp3) is 0.562. The Morgan fingerprint density at radius 2 is 2.08 bits per heavy atom. The lowest BCUT2D eigenvalue weighted by Crippen LogP contribution is -2.47. The third-order valence-corrected chi connectivity index (χ3v) is 6.18. The van der Waals surface area contributed by atoms with Gasteiger partial charge in [0.2, 0.25) is 0 Å². The minimum Gasteiger partial charge on any atom is -0.444 e. The molecule has 0 bridgehead atoms. The Morgan fingerprint density at radius 3 is 2.76 bits per heavy atom. The second-order valence-corrected chi connectivity index (χ2v) is 9.86. The number of likely N-dealkylation sites (tertiary alicyclic amines) is 1. The summed E-state index contributed by atoms with van der Waals surface area (Å²) in [5.41, 5.74) is 0.932. The molecule has 0 unspecified atom stereocenters. The summed E-state index contributed by atoms with van der Waals surface area (Å²) in [7, 11) is -3.64. The van der Waals surface area contributed by atoms with Crippen molar-refractivity contribution in [1.29, 1.82) is 0 Å². The van der Waals surface area contributed by atoms with E-state index in [1.807, 2.05) is 32.9 Å². The Labute approximate surface area is 156 Å². The van der Waals surface area contributed by atoms with Crippen molar-refractivity contribution in [2.24, 2.45) is 0 Å². The second-order valence-electron chi connectivity index (χ2n) is 7.32. The number of amides is 1. The average molecular weight is 432 g/mol. The van der Waals surface area contributed by atoms with Crippen LogP contribution in [0.3, 0.4) is 0 Å². The summed E-state index contributed by atoms with van der Waals surface area (Å²) in [4.78, 5) is 13.8. The number of carbonyl (C=O) groups is 1. The maximum absolute atomic E-state index is 12.6. The second kappa shape index (κ2) is 6.44. The van der Waals surface area contributed by atoms with Crippen LogP contribution in [0.2, 0.25) is 0 Å². The molecule has 0 radical (unpaired) electrons. The smallest absolute Gasteiger partial charge is 0.410 e. The first-order chi connectivity index (χ1) is 11.5. The Bertz CT molecular complexity index is 791. The fourth-order valence-corrected chi connectivity index (χ4v) is 4.85. The first-order valence-corrected chi connectivity index (χ1v) is 10.3. The van der Waals surface area contributed by atoms with Gasteiger partial charge in [0.15, 0.2) is 0 Å². The van der Waals surface area contributed by atoms with Crippen molar-refractivity contribution >= 4 is 37.9 Å². The highest BCUT2D eigenvalue weighted by Gasteiger charge is 2.40. The molecule has 1 N–H and O–H groups in total. The van der Waals surface area contributed by atoms with Crippen molar-refractivity contribution in [3.05, 3.63) is 28.2 Å². The summed E-state index contributed by atoms with van der Waals surface area (Å²) < 4.78 is 35.5. The highest BCUT2D eigenvalue weighted by Crippen LogP contribution is 2.32. The molecule has 0 spiro atoms. The molecule has 0 saturated carbocycles. The van der Waals surface area contributed by atoms with E-state index in [0.29, 0.717) is 31.7 Å². The largest absolute Gasteiger partial charge is 0.444 e. The number of anilines is 1. The van der Waals surface area contributed by atoms with Gasteiger partial charge < -0.3 is 9.64 Å². The van der Waals surface area contributed by atoms with Crippen LogP contribution in [0.1, 0.15) is 32.8 Å². The van der Waals surface area contributed by atoms with E-state index >= 15 is 0 Å². The van der Waals surface area contributed by atoms with Gasteiger partial charge >= 0.3 is 16.3 Å². The predicted molar refractivity (Wildman–Crippen MR) is 98.4 cm³/mol. The minimum atomic E-state index is -3.64. The number of fused-ring (bicyclic) bond motifs is 1. The molecule has 7 nitrogen and oxygen atoms in total. The lowest BCUT2D eigenvalue weighted by atomic mass is 10.1. The molecule has 9 heteroatoms. The lowest BCUT2D eigenvalue weighted by molar-refractivity contribution is 0.0286. The highest BCUT2D eigenvalue weighted by molar-refractivity contribution is 9.10. The zero-order chi connectivity index (χ0) is 18.4. The molecule has 3 rings (SSSR count). The Kier molecular flexibility index (Phi) is 4.76. The Morgan fingerprint density at radius 1 is 1.36 bits per heavy atom. The van der Waals surface area contributed by atoms with Crippen LogP contribution in [0.15, 0.2) is 22.7 Å². The van der Waals surface area contributed by atoms with Gasteiger partial charge in [-0.2, -0.15) is 12.7 Å². The van der Waals surface area contributed by atoms with E-state index in [1.54, 1.807) is 11.0 Å². The van der Waals surface area contributed by atoms with Crippen molar-refractivity contribution in [3.63, 3.8) is 0 Å². The maximum atomic E-state index is 12.6. The molecule has 25 heavy (non-hydrogen) atoms. The number of hydrogen-bond donors (Lipinski definition) is 1. The SMILES string of the molecule is CC(C)(C)OC(=O)N1CC[C@@H](N2Cc3ccc(Br)cc3NS2(=O)=O)C1. The van der Waals surface area contributed by atoms with Crippen molar-refractivity contribution in [2.75, 3.05) is 17.8 Å². The zero-order valence-corrected chi connectivity index (χ0v) is 16.9. The molecule has 2 aliphatic heterocycles. The molecule has 2 aliphatic rings. The van der Waals surface area contributed by atoms with Crippen LogP contribution in [0.5, 0.6) is 0 Å². The first kappa shape index (κ1) is 18.5. The summed E-state index contributed by atoms with van der Waals surface area (Å²) in [6.07, 6.45) is 0.188. The van der Waals surface area contributed by atoms with Gasteiger partial charge in [0.05, 0.1) is 5.69 Å². The van der Waals surface area contributed by atoms with Crippen molar-refractivity contribution in [3.8, 4) is 0 Å². The third-order valence-electron chi connectivity index (χ3n) is 4.17. The molecule has 1 fully saturated rings. The number of ether oxygens (including phenoxy) is 1. The highest BCUT2D eigenvalue weighted by atomic mass is 79.9. The number of halogens is 1. The van der Waals surface area contributed by atoms with Crippen molar-refractivity contribution < 1.29 is 17.9 Å². The number of nitrogens with one attached hydrogen (secondary N) is 1. The van der Waals surface area contributed by atoms with Gasteiger partial charge in [0, 0.05) is 30.1 Å². The fourth-order valence-electron chi connectivity index (χ4n) is 3.03. The topological polar surface area (TPSA) is 79.0 Å². The normalized spacial score (nSPS) is 23.0. The van der Waals surface area contributed by atoms with E-state index in [0.717, 1.165) is 10.0 Å². The van der Waals surface area contributed by atoms with Crippen LogP contribution in [0.4, 0.5) is 10.5 Å². The van der Waals surface area contributed by atoms with E-state index < -0.39 is 21.9 Å². The number of benzene rings is 1.